The predicted molar refractivity (Wildman–Crippen MR) is 136 cm³/mol. The predicted octanol–water partition coefficient (Wildman–Crippen LogP) is 4.69. The number of nitrogens with zero attached hydrogens (tertiary/aromatic N) is 2. The van der Waals surface area contributed by atoms with Gasteiger partial charge >= 0.3 is 0 Å². The van der Waals surface area contributed by atoms with E-state index in [9.17, 15) is 10.1 Å². The first-order valence-electron chi connectivity index (χ1n) is 11.4. The van der Waals surface area contributed by atoms with Gasteiger partial charge in [-0.2, -0.15) is 5.26 Å². The molecule has 8 heteroatoms. The van der Waals surface area contributed by atoms with Gasteiger partial charge in [0.25, 0.3) is 0 Å². The Kier molecular flexibility index (Phi) is 8.24. The van der Waals surface area contributed by atoms with Crippen molar-refractivity contribution in [2.75, 3.05) is 33.1 Å². The molecule has 0 saturated carbocycles. The second kappa shape index (κ2) is 11.7. The molecular formula is C27H27N3O4S. The topological polar surface area (TPSA) is 93.5 Å². The normalized spacial score (nSPS) is 14.8. The summed E-state index contributed by atoms with van der Waals surface area (Å²) in [5.41, 5.74) is 3.64. The Morgan fingerprint density at radius 2 is 1.77 bits per heavy atom. The molecule has 0 spiro atoms. The van der Waals surface area contributed by atoms with Crippen LogP contribution in [0.2, 0.25) is 0 Å². The van der Waals surface area contributed by atoms with Gasteiger partial charge in [-0.25, -0.2) is 4.98 Å². The fraction of sp³-hybridized carbons (Fsp3) is 0.296. The van der Waals surface area contributed by atoms with E-state index in [2.05, 4.69) is 11.4 Å². The number of hydrogen-bond acceptors (Lipinski definition) is 7. The summed E-state index contributed by atoms with van der Waals surface area (Å²) in [5, 5.41) is 13.5. The van der Waals surface area contributed by atoms with Crippen molar-refractivity contribution < 1.29 is 19.0 Å². The Hall–Kier alpha value is -3.54. The molecule has 35 heavy (non-hydrogen) atoms. The van der Waals surface area contributed by atoms with E-state index in [1.54, 1.807) is 14.2 Å². The van der Waals surface area contributed by atoms with Crippen LogP contribution in [0.5, 0.6) is 11.5 Å². The lowest BCUT2D eigenvalue weighted by Crippen LogP contribution is -2.32. The van der Waals surface area contributed by atoms with Crippen LogP contribution in [0.3, 0.4) is 0 Å². The van der Waals surface area contributed by atoms with E-state index in [1.807, 2.05) is 54.6 Å². The van der Waals surface area contributed by atoms with E-state index in [4.69, 9.17) is 19.2 Å². The van der Waals surface area contributed by atoms with E-state index in [1.165, 1.54) is 11.8 Å². The summed E-state index contributed by atoms with van der Waals surface area (Å²) in [5.74, 6) is 1.52. The van der Waals surface area contributed by atoms with Crippen LogP contribution < -0.4 is 14.8 Å². The van der Waals surface area contributed by atoms with E-state index < -0.39 is 0 Å². The van der Waals surface area contributed by atoms with Crippen molar-refractivity contribution in [1.82, 2.24) is 10.3 Å². The number of nitriles is 1. The van der Waals surface area contributed by atoms with Crippen LogP contribution in [0.1, 0.15) is 18.4 Å². The van der Waals surface area contributed by atoms with Crippen LogP contribution in [0.15, 0.2) is 59.6 Å². The average Bonchev–Trinajstić information content (AvgIpc) is 3.44. The number of aromatic nitrogens is 1. The van der Waals surface area contributed by atoms with Crippen molar-refractivity contribution in [3.8, 4) is 40.0 Å². The second-order valence-electron chi connectivity index (χ2n) is 8.03. The van der Waals surface area contributed by atoms with Crippen molar-refractivity contribution in [1.29, 1.82) is 5.26 Å². The molecule has 3 aromatic rings. The number of nitrogens with one attached hydrogen (secondary N) is 1. The molecule has 1 unspecified atom stereocenters. The molecule has 1 saturated heterocycles. The van der Waals surface area contributed by atoms with Crippen molar-refractivity contribution >= 4 is 17.7 Å². The van der Waals surface area contributed by atoms with E-state index in [-0.39, 0.29) is 17.8 Å². The van der Waals surface area contributed by atoms with Gasteiger partial charge in [0, 0.05) is 24.3 Å². The third kappa shape index (κ3) is 6.13. The Morgan fingerprint density at radius 1 is 1.11 bits per heavy atom. The van der Waals surface area contributed by atoms with Crippen LogP contribution in [0.4, 0.5) is 0 Å². The molecule has 7 nitrogen and oxygen atoms in total. The highest BCUT2D eigenvalue weighted by Gasteiger charge is 2.19. The average molecular weight is 490 g/mol. The summed E-state index contributed by atoms with van der Waals surface area (Å²) in [6.45, 7) is 1.25. The van der Waals surface area contributed by atoms with Gasteiger partial charge in [-0.3, -0.25) is 4.79 Å². The van der Waals surface area contributed by atoms with Crippen LogP contribution in [-0.4, -0.2) is 50.1 Å². The molecule has 1 aliphatic rings. The number of thioether (sulfide) groups is 1. The zero-order valence-electron chi connectivity index (χ0n) is 19.7. The lowest BCUT2D eigenvalue weighted by molar-refractivity contribution is -0.119. The van der Waals surface area contributed by atoms with Crippen LogP contribution in [0, 0.1) is 11.3 Å². The summed E-state index contributed by atoms with van der Waals surface area (Å²) in [6, 6.07) is 19.3. The van der Waals surface area contributed by atoms with Gasteiger partial charge in [-0.05, 0) is 60.9 Å². The number of carbonyl (C=O) groups is 1. The maximum absolute atomic E-state index is 12.5. The van der Waals surface area contributed by atoms with Gasteiger partial charge in [0.05, 0.1) is 37.3 Å². The molecule has 1 atom stereocenters. The third-order valence-corrected chi connectivity index (χ3v) is 6.75. The van der Waals surface area contributed by atoms with Gasteiger partial charge in [-0.1, -0.05) is 23.9 Å². The number of amides is 1. The lowest BCUT2D eigenvalue weighted by Gasteiger charge is -2.14. The van der Waals surface area contributed by atoms with Gasteiger partial charge in [0.15, 0.2) is 0 Å². The molecule has 1 amide bonds. The standard InChI is InChI=1S/C27H27N3O4S/c1-32-20-9-5-18(6-10-20)23-14-25(19-7-11-21(33-2)12-8-19)30-27(24(23)15-28)35-17-26(31)29-16-22-4-3-13-34-22/h5-12,14,22H,3-4,13,16-17H2,1-2H3,(H,29,31). The van der Waals surface area contributed by atoms with E-state index in [0.29, 0.717) is 22.8 Å². The fourth-order valence-corrected chi connectivity index (χ4v) is 4.69. The highest BCUT2D eigenvalue weighted by Crippen LogP contribution is 2.35. The number of carbonyl (C=O) groups excluding carboxylic acids is 1. The molecule has 1 fully saturated rings. The molecule has 1 aromatic heterocycles. The maximum Gasteiger partial charge on any atom is 0.230 e. The number of rotatable bonds is 9. The van der Waals surface area contributed by atoms with Crippen molar-refractivity contribution in [2.45, 2.75) is 24.0 Å². The quantitative estimate of drug-likeness (QED) is 0.436. The Balaban J connectivity index is 1.64. The second-order valence-corrected chi connectivity index (χ2v) is 9.00. The number of hydrogen-bond donors (Lipinski definition) is 1. The zero-order valence-corrected chi connectivity index (χ0v) is 20.6. The third-order valence-electron chi connectivity index (χ3n) is 5.78. The molecule has 2 aromatic carbocycles. The van der Waals surface area contributed by atoms with E-state index >= 15 is 0 Å². The first kappa shape index (κ1) is 24.6. The maximum atomic E-state index is 12.5. The first-order valence-corrected chi connectivity index (χ1v) is 12.3. The van der Waals surface area contributed by atoms with Crippen LogP contribution in [0.25, 0.3) is 22.4 Å². The van der Waals surface area contributed by atoms with Crippen molar-refractivity contribution in [3.05, 3.63) is 60.2 Å². The Morgan fingerprint density at radius 3 is 2.34 bits per heavy atom. The first-order chi connectivity index (χ1) is 17.1. The molecule has 0 bridgehead atoms. The molecular weight excluding hydrogens is 462 g/mol. The number of methoxy groups -OCH3 is 2. The zero-order chi connectivity index (χ0) is 24.6. The minimum absolute atomic E-state index is 0.0804. The molecule has 2 heterocycles. The SMILES string of the molecule is COc1ccc(-c2cc(-c3ccc(OC)cc3)c(C#N)c(SCC(=O)NCC3CCCO3)n2)cc1. The highest BCUT2D eigenvalue weighted by molar-refractivity contribution is 8.00. The molecule has 1 aliphatic heterocycles. The summed E-state index contributed by atoms with van der Waals surface area (Å²) in [7, 11) is 3.23. The van der Waals surface area contributed by atoms with Crippen molar-refractivity contribution in [2.24, 2.45) is 0 Å². The minimum Gasteiger partial charge on any atom is -0.497 e. The van der Waals surface area contributed by atoms with Crippen LogP contribution >= 0.6 is 11.8 Å². The van der Waals surface area contributed by atoms with Gasteiger partial charge in [-0.15, -0.1) is 0 Å². The molecule has 180 valence electrons. The molecule has 1 N–H and O–H groups in total. The van der Waals surface area contributed by atoms with Crippen molar-refractivity contribution in [3.63, 3.8) is 0 Å². The Bertz CT molecular complexity index is 1200. The number of benzene rings is 2. The summed E-state index contributed by atoms with van der Waals surface area (Å²) in [6.07, 6.45) is 2.07. The molecule has 0 aliphatic carbocycles. The molecule has 0 radical (unpaired) electrons. The Labute approximate surface area is 209 Å². The minimum atomic E-state index is -0.114. The summed E-state index contributed by atoms with van der Waals surface area (Å²) < 4.78 is 16.1. The van der Waals surface area contributed by atoms with E-state index in [0.717, 1.165) is 47.6 Å². The lowest BCUT2D eigenvalue weighted by atomic mass is 9.99. The van der Waals surface area contributed by atoms with Gasteiger partial charge in [0.2, 0.25) is 5.91 Å². The molecule has 4 rings (SSSR count). The van der Waals surface area contributed by atoms with Crippen LogP contribution in [-0.2, 0) is 9.53 Å². The fourth-order valence-electron chi connectivity index (χ4n) is 3.86. The largest absolute Gasteiger partial charge is 0.497 e. The number of pyridine rings is 1. The number of ether oxygens (including phenoxy) is 3. The smallest absolute Gasteiger partial charge is 0.230 e. The van der Waals surface area contributed by atoms with Gasteiger partial charge in [0.1, 0.15) is 22.6 Å². The monoisotopic (exact) mass is 489 g/mol. The summed E-state index contributed by atoms with van der Waals surface area (Å²) >= 11 is 1.26. The highest BCUT2D eigenvalue weighted by atomic mass is 32.2. The van der Waals surface area contributed by atoms with Gasteiger partial charge < -0.3 is 19.5 Å². The summed E-state index contributed by atoms with van der Waals surface area (Å²) in [4.78, 5) is 17.3.